The summed E-state index contributed by atoms with van der Waals surface area (Å²) in [4.78, 5) is 5.71. The number of fused-ring (bicyclic) bond motifs is 1. The Labute approximate surface area is 129 Å². The van der Waals surface area contributed by atoms with E-state index in [4.69, 9.17) is 9.47 Å². The van der Waals surface area contributed by atoms with Crippen LogP contribution in [0, 0.1) is 6.92 Å². The highest BCUT2D eigenvalue weighted by molar-refractivity contribution is 7.11. The van der Waals surface area contributed by atoms with Crippen LogP contribution in [0.15, 0.2) is 24.4 Å². The highest BCUT2D eigenvalue weighted by atomic mass is 32.1. The van der Waals surface area contributed by atoms with Crippen LogP contribution in [-0.2, 0) is 0 Å². The van der Waals surface area contributed by atoms with Crippen molar-refractivity contribution < 1.29 is 9.47 Å². The van der Waals surface area contributed by atoms with Gasteiger partial charge >= 0.3 is 0 Å². The van der Waals surface area contributed by atoms with Crippen molar-refractivity contribution in [3.05, 3.63) is 39.8 Å². The third-order valence-corrected chi connectivity index (χ3v) is 4.81. The second kappa shape index (κ2) is 6.03. The molecule has 1 aromatic carbocycles. The number of thiazole rings is 1. The Hall–Kier alpha value is -1.59. The molecular formula is C16H20N2O2S. The number of hydrogen-bond acceptors (Lipinski definition) is 5. The van der Waals surface area contributed by atoms with Gasteiger partial charge in [-0.3, -0.25) is 0 Å². The van der Waals surface area contributed by atoms with E-state index in [1.165, 1.54) is 10.4 Å². The molecule has 1 N–H and O–H groups in total. The second-order valence-corrected chi connectivity index (χ2v) is 6.56. The fraction of sp³-hybridized carbons (Fsp3) is 0.438. The zero-order valence-corrected chi connectivity index (χ0v) is 13.4. The normalized spacial score (nSPS) is 18.7. The van der Waals surface area contributed by atoms with Crippen LogP contribution in [0.2, 0.25) is 0 Å². The van der Waals surface area contributed by atoms with E-state index in [9.17, 15) is 0 Å². The number of benzene rings is 1. The topological polar surface area (TPSA) is 43.4 Å². The van der Waals surface area contributed by atoms with Crippen LogP contribution < -0.4 is 14.8 Å². The first-order valence-corrected chi connectivity index (χ1v) is 7.98. The summed E-state index contributed by atoms with van der Waals surface area (Å²) >= 11 is 1.74. The fourth-order valence-electron chi connectivity index (χ4n) is 2.62. The van der Waals surface area contributed by atoms with Crippen LogP contribution >= 0.6 is 11.3 Å². The van der Waals surface area contributed by atoms with Gasteiger partial charge in [-0.05, 0) is 32.0 Å². The monoisotopic (exact) mass is 304 g/mol. The lowest BCUT2D eigenvalue weighted by Gasteiger charge is -2.29. The van der Waals surface area contributed by atoms with Gasteiger partial charge in [-0.2, -0.15) is 0 Å². The van der Waals surface area contributed by atoms with Gasteiger partial charge in [0.1, 0.15) is 16.5 Å². The predicted octanol–water partition coefficient (Wildman–Crippen LogP) is 3.63. The van der Waals surface area contributed by atoms with E-state index in [-0.39, 0.29) is 12.1 Å². The molecule has 0 amide bonds. The quantitative estimate of drug-likeness (QED) is 0.936. The molecule has 0 radical (unpaired) electrons. The maximum atomic E-state index is 5.74. The number of methoxy groups -OCH3 is 1. The Morgan fingerprint density at radius 3 is 3.05 bits per heavy atom. The number of rotatable bonds is 4. The van der Waals surface area contributed by atoms with Gasteiger partial charge in [0, 0.05) is 29.1 Å². The molecule has 5 heteroatoms. The molecule has 0 saturated carbocycles. The lowest BCUT2D eigenvalue weighted by Crippen LogP contribution is -2.29. The largest absolute Gasteiger partial charge is 0.497 e. The van der Waals surface area contributed by atoms with Gasteiger partial charge in [0.25, 0.3) is 0 Å². The summed E-state index contributed by atoms with van der Waals surface area (Å²) in [6.45, 7) is 4.98. The van der Waals surface area contributed by atoms with Crippen molar-refractivity contribution in [1.82, 2.24) is 10.3 Å². The summed E-state index contributed by atoms with van der Waals surface area (Å²) in [6.07, 6.45) is 2.88. The van der Waals surface area contributed by atoms with E-state index in [0.29, 0.717) is 0 Å². The Morgan fingerprint density at radius 2 is 2.33 bits per heavy atom. The molecule has 0 fully saturated rings. The van der Waals surface area contributed by atoms with Gasteiger partial charge in [0.15, 0.2) is 0 Å². The van der Waals surface area contributed by atoms with Crippen molar-refractivity contribution in [1.29, 1.82) is 0 Å². The molecule has 2 atom stereocenters. The highest BCUT2D eigenvalue weighted by Gasteiger charge is 2.24. The Bertz CT molecular complexity index is 626. The first-order chi connectivity index (χ1) is 10.2. The average Bonchev–Trinajstić information content (AvgIpc) is 2.94. The van der Waals surface area contributed by atoms with Gasteiger partial charge < -0.3 is 14.8 Å². The van der Waals surface area contributed by atoms with Gasteiger partial charge in [-0.15, -0.1) is 11.3 Å². The zero-order valence-electron chi connectivity index (χ0n) is 12.6. The van der Waals surface area contributed by atoms with Crippen LogP contribution in [0.25, 0.3) is 0 Å². The van der Waals surface area contributed by atoms with Crippen molar-refractivity contribution in [3.8, 4) is 11.5 Å². The zero-order chi connectivity index (χ0) is 14.8. The van der Waals surface area contributed by atoms with E-state index >= 15 is 0 Å². The van der Waals surface area contributed by atoms with Gasteiger partial charge in [0.05, 0.1) is 19.8 Å². The Morgan fingerprint density at radius 1 is 1.48 bits per heavy atom. The molecule has 3 rings (SSSR count). The first kappa shape index (κ1) is 14.4. The van der Waals surface area contributed by atoms with Crippen LogP contribution in [0.1, 0.15) is 40.9 Å². The number of hydrogen-bond donors (Lipinski definition) is 1. The molecule has 0 bridgehead atoms. The minimum absolute atomic E-state index is 0.228. The minimum Gasteiger partial charge on any atom is -0.497 e. The SMILES string of the molecule is COc1ccc2c(c1)C(NC(C)c1ncc(C)s1)CCO2. The van der Waals surface area contributed by atoms with Crippen molar-refractivity contribution in [2.45, 2.75) is 32.4 Å². The lowest BCUT2D eigenvalue weighted by atomic mass is 9.99. The van der Waals surface area contributed by atoms with Gasteiger partial charge in [0.2, 0.25) is 0 Å². The summed E-state index contributed by atoms with van der Waals surface area (Å²) in [6, 6.07) is 6.48. The predicted molar refractivity (Wildman–Crippen MR) is 84.2 cm³/mol. The van der Waals surface area contributed by atoms with Crippen LogP contribution in [-0.4, -0.2) is 18.7 Å². The number of ether oxygens (including phenoxy) is 2. The average molecular weight is 304 g/mol. The van der Waals surface area contributed by atoms with E-state index < -0.39 is 0 Å². The molecular weight excluding hydrogens is 284 g/mol. The summed E-state index contributed by atoms with van der Waals surface area (Å²) < 4.78 is 11.1. The molecule has 0 aliphatic carbocycles. The highest BCUT2D eigenvalue weighted by Crippen LogP contribution is 2.36. The van der Waals surface area contributed by atoms with Gasteiger partial charge in [-0.1, -0.05) is 0 Å². The maximum absolute atomic E-state index is 5.74. The molecule has 1 aliphatic heterocycles. The van der Waals surface area contributed by atoms with E-state index in [2.05, 4.69) is 30.2 Å². The van der Waals surface area contributed by atoms with E-state index in [0.717, 1.165) is 29.5 Å². The third kappa shape index (κ3) is 3.04. The Kier molecular flexibility index (Phi) is 4.12. The standard InChI is InChI=1S/C16H20N2O2S/c1-10-9-17-16(21-10)11(2)18-14-6-7-20-15-5-4-12(19-3)8-13(14)15/h4-5,8-9,11,14,18H,6-7H2,1-3H3. The summed E-state index contributed by atoms with van der Waals surface area (Å²) in [5.74, 6) is 1.81. The van der Waals surface area contributed by atoms with Gasteiger partial charge in [-0.25, -0.2) is 4.98 Å². The molecule has 112 valence electrons. The minimum atomic E-state index is 0.228. The second-order valence-electron chi connectivity index (χ2n) is 5.29. The maximum Gasteiger partial charge on any atom is 0.124 e. The van der Waals surface area contributed by atoms with Crippen LogP contribution in [0.5, 0.6) is 11.5 Å². The number of nitrogens with one attached hydrogen (secondary N) is 1. The molecule has 4 nitrogen and oxygen atoms in total. The van der Waals surface area contributed by atoms with Crippen LogP contribution in [0.4, 0.5) is 0 Å². The van der Waals surface area contributed by atoms with Crippen molar-refractivity contribution >= 4 is 11.3 Å². The van der Waals surface area contributed by atoms with Crippen LogP contribution in [0.3, 0.4) is 0 Å². The van der Waals surface area contributed by atoms with Crippen molar-refractivity contribution in [2.24, 2.45) is 0 Å². The summed E-state index contributed by atoms with van der Waals surface area (Å²) in [7, 11) is 1.69. The molecule has 21 heavy (non-hydrogen) atoms. The molecule has 2 aromatic rings. The number of nitrogens with zero attached hydrogens (tertiary/aromatic N) is 1. The molecule has 0 spiro atoms. The molecule has 2 heterocycles. The van der Waals surface area contributed by atoms with E-state index in [1.54, 1.807) is 18.4 Å². The molecule has 2 unspecified atom stereocenters. The Balaban J connectivity index is 1.81. The van der Waals surface area contributed by atoms with Crippen molar-refractivity contribution in [3.63, 3.8) is 0 Å². The first-order valence-electron chi connectivity index (χ1n) is 7.16. The summed E-state index contributed by atoms with van der Waals surface area (Å²) in [5, 5.41) is 4.80. The third-order valence-electron chi connectivity index (χ3n) is 3.72. The number of aromatic nitrogens is 1. The number of aryl methyl sites for hydroxylation is 1. The molecule has 1 aliphatic rings. The fourth-order valence-corrected chi connectivity index (χ4v) is 3.40. The molecule has 0 saturated heterocycles. The van der Waals surface area contributed by atoms with Crippen molar-refractivity contribution in [2.75, 3.05) is 13.7 Å². The molecule has 1 aromatic heterocycles. The smallest absolute Gasteiger partial charge is 0.124 e. The van der Waals surface area contributed by atoms with E-state index in [1.807, 2.05) is 18.3 Å². The summed E-state index contributed by atoms with van der Waals surface area (Å²) in [5.41, 5.74) is 1.17. The lowest BCUT2D eigenvalue weighted by molar-refractivity contribution is 0.245.